The van der Waals surface area contributed by atoms with Gasteiger partial charge in [0.15, 0.2) is 5.78 Å². The molecule has 0 aromatic carbocycles. The molecule has 1 saturated heterocycles. The molecule has 0 radical (unpaired) electrons. The maximum absolute atomic E-state index is 12.6. The molecular formula is C21H31NO5S. The Bertz CT molecular complexity index is 630. The van der Waals surface area contributed by atoms with Crippen molar-refractivity contribution in [3.63, 3.8) is 0 Å². The smallest absolute Gasteiger partial charge is 0.330 e. The Labute approximate surface area is 171 Å². The van der Waals surface area contributed by atoms with E-state index in [4.69, 9.17) is 9.47 Å². The molecule has 2 aliphatic rings. The summed E-state index contributed by atoms with van der Waals surface area (Å²) in [5.41, 5.74) is 0.951. The molecule has 28 heavy (non-hydrogen) atoms. The van der Waals surface area contributed by atoms with Crippen molar-refractivity contribution in [3.8, 4) is 0 Å². The fourth-order valence-electron chi connectivity index (χ4n) is 3.38. The standard InChI is InChI=1S/C21H31NO5S/c1-14-6-4-5-7-15(2)10-20(24)27-17(11-16(26-3)9-8-14)12-19(23)18-13-28-21(25)22-18/h4,6,10,14,16-18H,5,7-9,11-13H2,1-3H3,(H,22,25). The van der Waals surface area contributed by atoms with Gasteiger partial charge >= 0.3 is 5.97 Å². The van der Waals surface area contributed by atoms with E-state index in [1.165, 1.54) is 6.08 Å². The van der Waals surface area contributed by atoms with Crippen LogP contribution in [0.15, 0.2) is 23.8 Å². The molecule has 7 heteroatoms. The van der Waals surface area contributed by atoms with Gasteiger partial charge in [0.25, 0.3) is 5.24 Å². The van der Waals surface area contributed by atoms with Gasteiger partial charge < -0.3 is 14.8 Å². The molecule has 1 amide bonds. The average molecular weight is 410 g/mol. The second-order valence-electron chi connectivity index (χ2n) is 7.63. The van der Waals surface area contributed by atoms with Crippen molar-refractivity contribution in [1.82, 2.24) is 5.32 Å². The summed E-state index contributed by atoms with van der Waals surface area (Å²) in [6.45, 7) is 4.09. The molecule has 2 heterocycles. The van der Waals surface area contributed by atoms with Crippen LogP contribution in [0.25, 0.3) is 0 Å². The zero-order valence-electron chi connectivity index (χ0n) is 16.9. The molecule has 4 unspecified atom stereocenters. The minimum atomic E-state index is -0.565. The predicted octanol–water partition coefficient (Wildman–Crippen LogP) is 3.80. The first-order valence-corrected chi connectivity index (χ1v) is 10.9. The molecule has 4 atom stereocenters. The van der Waals surface area contributed by atoms with Crippen LogP contribution in [0.2, 0.25) is 0 Å². The zero-order chi connectivity index (χ0) is 20.5. The largest absolute Gasteiger partial charge is 0.459 e. The molecule has 2 rings (SSSR count). The second kappa shape index (κ2) is 11.4. The van der Waals surface area contributed by atoms with Crippen molar-refractivity contribution >= 4 is 28.8 Å². The summed E-state index contributed by atoms with van der Waals surface area (Å²) in [7, 11) is 1.65. The lowest BCUT2D eigenvalue weighted by molar-refractivity contribution is -0.146. The van der Waals surface area contributed by atoms with Crippen LogP contribution in [0.5, 0.6) is 0 Å². The lowest BCUT2D eigenvalue weighted by atomic mass is 9.96. The normalized spacial score (nSPS) is 30.2. The summed E-state index contributed by atoms with van der Waals surface area (Å²) in [4.78, 5) is 36.3. The number of amides is 1. The van der Waals surface area contributed by atoms with Crippen molar-refractivity contribution in [3.05, 3.63) is 23.8 Å². The maximum Gasteiger partial charge on any atom is 0.330 e. The van der Waals surface area contributed by atoms with Crippen LogP contribution in [0.4, 0.5) is 4.79 Å². The number of carbonyl (C=O) groups excluding carboxylic acids is 3. The van der Waals surface area contributed by atoms with Crippen LogP contribution in [0.3, 0.4) is 0 Å². The minimum absolute atomic E-state index is 0.0828. The van der Waals surface area contributed by atoms with Gasteiger partial charge in [0.2, 0.25) is 0 Å². The van der Waals surface area contributed by atoms with E-state index in [9.17, 15) is 14.4 Å². The number of carbonyl (C=O) groups is 3. The fraction of sp³-hybridized carbons (Fsp3) is 0.667. The third-order valence-corrected chi connectivity index (χ3v) is 5.99. The SMILES string of the molecule is COC1CCC(C)C=CCCC(C)=CC(=O)OC(CC(=O)C2CSC(=O)N2)C1. The second-order valence-corrected chi connectivity index (χ2v) is 8.62. The van der Waals surface area contributed by atoms with E-state index in [1.807, 2.05) is 6.92 Å². The summed E-state index contributed by atoms with van der Waals surface area (Å²) in [5.74, 6) is 0.335. The van der Waals surface area contributed by atoms with E-state index < -0.39 is 18.1 Å². The summed E-state index contributed by atoms with van der Waals surface area (Å²) in [6, 6.07) is -0.507. The topological polar surface area (TPSA) is 81.7 Å². The monoisotopic (exact) mass is 409 g/mol. The minimum Gasteiger partial charge on any atom is -0.459 e. The Kier molecular flexibility index (Phi) is 9.25. The van der Waals surface area contributed by atoms with Crippen molar-refractivity contribution in [2.45, 2.75) is 70.6 Å². The molecule has 1 fully saturated rings. The lowest BCUT2D eigenvalue weighted by Crippen LogP contribution is -2.38. The molecule has 156 valence electrons. The Morgan fingerprint density at radius 2 is 2.14 bits per heavy atom. The predicted molar refractivity (Wildman–Crippen MR) is 110 cm³/mol. The van der Waals surface area contributed by atoms with Gasteiger partial charge in [-0.25, -0.2) is 4.79 Å². The van der Waals surface area contributed by atoms with Gasteiger partial charge in [-0.3, -0.25) is 9.59 Å². The number of nitrogens with one attached hydrogen (secondary N) is 1. The van der Waals surface area contributed by atoms with Crippen molar-refractivity contribution in [1.29, 1.82) is 0 Å². The van der Waals surface area contributed by atoms with Gasteiger partial charge in [-0.1, -0.05) is 36.4 Å². The highest BCUT2D eigenvalue weighted by atomic mass is 32.2. The number of methoxy groups -OCH3 is 1. The van der Waals surface area contributed by atoms with Crippen LogP contribution in [0, 0.1) is 5.92 Å². The third-order valence-electron chi connectivity index (χ3n) is 5.11. The van der Waals surface area contributed by atoms with Gasteiger partial charge in [-0.15, -0.1) is 0 Å². The van der Waals surface area contributed by atoms with E-state index in [0.29, 0.717) is 18.1 Å². The molecule has 0 aromatic heterocycles. The number of allylic oxidation sites excluding steroid dienone is 3. The number of cyclic esters (lactones) is 1. The molecule has 0 spiro atoms. The molecule has 0 aliphatic carbocycles. The molecular weight excluding hydrogens is 378 g/mol. The molecule has 0 aromatic rings. The number of Topliss-reactive ketones (excluding diaryl/α,β-unsaturated/α-hetero) is 1. The van der Waals surface area contributed by atoms with Gasteiger partial charge in [-0.05, 0) is 38.5 Å². The van der Waals surface area contributed by atoms with Gasteiger partial charge in [0, 0.05) is 31.8 Å². The Balaban J connectivity index is 2.10. The van der Waals surface area contributed by atoms with Crippen LogP contribution in [0.1, 0.15) is 52.4 Å². The van der Waals surface area contributed by atoms with Crippen LogP contribution in [-0.2, 0) is 19.1 Å². The average Bonchev–Trinajstić information content (AvgIpc) is 3.07. The van der Waals surface area contributed by atoms with Gasteiger partial charge in [-0.2, -0.15) is 0 Å². The number of rotatable bonds is 4. The Morgan fingerprint density at radius 3 is 2.82 bits per heavy atom. The molecule has 2 aliphatic heterocycles. The molecule has 0 saturated carbocycles. The summed E-state index contributed by atoms with van der Waals surface area (Å²) >= 11 is 1.11. The molecule has 6 nitrogen and oxygen atoms in total. The van der Waals surface area contributed by atoms with Gasteiger partial charge in [0.1, 0.15) is 6.10 Å². The quantitative estimate of drug-likeness (QED) is 0.562. The maximum atomic E-state index is 12.6. The highest BCUT2D eigenvalue weighted by Crippen LogP contribution is 2.22. The van der Waals surface area contributed by atoms with Crippen LogP contribution < -0.4 is 5.32 Å². The van der Waals surface area contributed by atoms with E-state index >= 15 is 0 Å². The number of hydrogen-bond donors (Lipinski definition) is 1. The van der Waals surface area contributed by atoms with E-state index in [0.717, 1.165) is 43.0 Å². The lowest BCUT2D eigenvalue weighted by Gasteiger charge is -2.24. The summed E-state index contributed by atoms with van der Waals surface area (Å²) in [6.07, 6.45) is 9.25. The summed E-state index contributed by atoms with van der Waals surface area (Å²) in [5, 5.41) is 2.48. The van der Waals surface area contributed by atoms with Gasteiger partial charge in [0.05, 0.1) is 12.1 Å². The fourth-order valence-corrected chi connectivity index (χ4v) is 4.19. The van der Waals surface area contributed by atoms with Crippen LogP contribution >= 0.6 is 11.8 Å². The van der Waals surface area contributed by atoms with Crippen molar-refractivity contribution in [2.24, 2.45) is 5.92 Å². The van der Waals surface area contributed by atoms with E-state index in [1.54, 1.807) is 7.11 Å². The molecule has 1 N–H and O–H groups in total. The van der Waals surface area contributed by atoms with E-state index in [2.05, 4.69) is 24.4 Å². The van der Waals surface area contributed by atoms with Crippen molar-refractivity contribution < 1.29 is 23.9 Å². The first kappa shape index (κ1) is 22.7. The van der Waals surface area contributed by atoms with E-state index in [-0.39, 0.29) is 23.5 Å². The first-order chi connectivity index (χ1) is 13.4. The number of thioether (sulfide) groups is 1. The summed E-state index contributed by atoms with van der Waals surface area (Å²) < 4.78 is 11.2. The third kappa shape index (κ3) is 7.80. The van der Waals surface area contributed by atoms with Crippen LogP contribution in [-0.4, -0.2) is 48.1 Å². The zero-order valence-corrected chi connectivity index (χ0v) is 17.8. The first-order valence-electron chi connectivity index (χ1n) is 9.90. The number of hydrogen-bond acceptors (Lipinski definition) is 6. The number of ether oxygens (including phenoxy) is 2. The molecule has 0 bridgehead atoms. The highest BCUT2D eigenvalue weighted by Gasteiger charge is 2.31. The number of ketones is 1. The highest BCUT2D eigenvalue weighted by molar-refractivity contribution is 8.14. The number of esters is 1. The Hall–Kier alpha value is -1.60. The van der Waals surface area contributed by atoms with Crippen molar-refractivity contribution in [2.75, 3.05) is 12.9 Å². The Morgan fingerprint density at radius 1 is 1.36 bits per heavy atom.